The molecule has 212 valence electrons. The molecule has 0 atom stereocenters. The van der Waals surface area contributed by atoms with E-state index < -0.39 is 0 Å². The van der Waals surface area contributed by atoms with Crippen LogP contribution in [0.2, 0.25) is 0 Å². The first kappa shape index (κ1) is 32.6. The van der Waals surface area contributed by atoms with Crippen molar-refractivity contribution in [2.24, 2.45) is 0 Å². The monoisotopic (exact) mass is 676 g/mol. The Kier molecular flexibility index (Phi) is 9.92. The molecule has 0 fully saturated rings. The van der Waals surface area contributed by atoms with E-state index in [0.29, 0.717) is 0 Å². The molecule has 0 unspecified atom stereocenters. The number of benzene rings is 4. The molecule has 8 aromatic rings. The van der Waals surface area contributed by atoms with E-state index in [1.165, 1.54) is 77.2 Å². The number of para-hydroxylation sites is 4. The van der Waals surface area contributed by atoms with E-state index >= 15 is 0 Å². The summed E-state index contributed by atoms with van der Waals surface area (Å²) in [5.41, 5.74) is 13.2. The van der Waals surface area contributed by atoms with E-state index in [-0.39, 0.29) is 51.0 Å². The summed E-state index contributed by atoms with van der Waals surface area (Å²) in [4.78, 5) is 0. The van der Waals surface area contributed by atoms with Crippen molar-refractivity contribution in [2.45, 2.75) is 27.7 Å². The number of nitrogens with zero attached hydrogens (tertiary/aromatic N) is 2. The third kappa shape index (κ3) is 5.33. The maximum absolute atomic E-state index is 2.38. The van der Waals surface area contributed by atoms with Gasteiger partial charge >= 0.3 is 26.2 Å². The summed E-state index contributed by atoms with van der Waals surface area (Å²) < 4.78 is 4.76. The zero-order valence-corrected chi connectivity index (χ0v) is 28.7. The number of hydrogen-bond donors (Lipinski definition) is 0. The smallest absolute Gasteiger partial charge is 1.00 e. The Morgan fingerprint density at radius 3 is 1.14 bits per heavy atom. The van der Waals surface area contributed by atoms with Crippen molar-refractivity contribution in [3.05, 3.63) is 144 Å². The zero-order chi connectivity index (χ0) is 27.4. The van der Waals surface area contributed by atoms with Crippen LogP contribution in [0.1, 0.15) is 22.3 Å². The molecule has 0 spiro atoms. The summed E-state index contributed by atoms with van der Waals surface area (Å²) in [6, 6.07) is 43.2. The quantitative estimate of drug-likeness (QED) is 0.242. The minimum absolute atomic E-state index is 0. The molecular weight excluding hydrogens is 647 g/mol. The van der Waals surface area contributed by atoms with Crippen molar-refractivity contribution in [1.82, 2.24) is 9.13 Å². The van der Waals surface area contributed by atoms with Crippen LogP contribution in [0.25, 0.3) is 55.0 Å². The summed E-state index contributed by atoms with van der Waals surface area (Å²) in [7, 11) is 0. The second kappa shape index (κ2) is 13.1. The van der Waals surface area contributed by atoms with Crippen LogP contribution in [0.15, 0.2) is 121 Å². The fourth-order valence-corrected chi connectivity index (χ4v) is 6.27. The number of hydrogen-bond acceptors (Lipinski definition) is 0. The predicted octanol–water partition coefficient (Wildman–Crippen LogP) is 4.24. The number of aryl methyl sites for hydroxylation is 4. The van der Waals surface area contributed by atoms with Crippen molar-refractivity contribution >= 4 is 43.6 Å². The Balaban J connectivity index is 0.000000184. The van der Waals surface area contributed by atoms with Gasteiger partial charge in [0, 0.05) is 22.4 Å². The maximum Gasteiger partial charge on any atom is 4.00 e. The maximum atomic E-state index is 2.38. The molecule has 0 N–H and O–H groups in total. The normalized spacial score (nSPS) is 10.7. The summed E-state index contributed by atoms with van der Waals surface area (Å²) >= 11 is 0. The standard InChI is InChI=1S/2C19H16N.2ClH.Zr/c2*1-13-12-17-16-10-6-7-11-18(16)20(19(17)14(13)2)15-8-4-3-5-9-15;;;/h2*3-12H,1-2H3;2*1H;/q2*-1;;;+4/p-2. The van der Waals surface area contributed by atoms with Gasteiger partial charge < -0.3 is 33.9 Å². The Hall–Kier alpha value is -3.36. The van der Waals surface area contributed by atoms with E-state index in [1.54, 1.807) is 0 Å². The minimum atomic E-state index is 0. The zero-order valence-electron chi connectivity index (χ0n) is 24.7. The molecule has 2 aromatic heterocycles. The van der Waals surface area contributed by atoms with Crippen LogP contribution >= 0.6 is 0 Å². The topological polar surface area (TPSA) is 9.86 Å². The molecule has 2 heterocycles. The van der Waals surface area contributed by atoms with Crippen LogP contribution in [-0.4, -0.2) is 9.13 Å². The second-order valence-electron chi connectivity index (χ2n) is 10.8. The first-order chi connectivity index (χ1) is 19.5. The van der Waals surface area contributed by atoms with Crippen molar-refractivity contribution in [3.63, 3.8) is 0 Å². The molecule has 8 rings (SSSR count). The summed E-state index contributed by atoms with van der Waals surface area (Å²) in [5, 5.41) is 5.39. The van der Waals surface area contributed by atoms with Gasteiger partial charge in [0.2, 0.25) is 0 Å². The third-order valence-electron chi connectivity index (χ3n) is 8.47. The summed E-state index contributed by atoms with van der Waals surface area (Å²) in [6.07, 6.45) is 0. The van der Waals surface area contributed by atoms with Crippen molar-refractivity contribution in [3.8, 4) is 11.4 Å². The average Bonchev–Trinajstić information content (AvgIpc) is 3.68. The van der Waals surface area contributed by atoms with Gasteiger partial charge in [0.15, 0.2) is 0 Å². The molecule has 5 heteroatoms. The fourth-order valence-electron chi connectivity index (χ4n) is 6.27. The van der Waals surface area contributed by atoms with Crippen molar-refractivity contribution in [1.29, 1.82) is 0 Å². The molecule has 0 bridgehead atoms. The molecule has 2 nitrogen and oxygen atoms in total. The Labute approximate surface area is 284 Å². The molecule has 6 aromatic carbocycles. The van der Waals surface area contributed by atoms with Gasteiger partial charge in [-0.25, -0.2) is 0 Å². The Bertz CT molecular complexity index is 1990. The van der Waals surface area contributed by atoms with Gasteiger partial charge in [0.25, 0.3) is 0 Å². The molecular formula is C38H32Cl2N2Zr. The molecule has 0 aliphatic carbocycles. The number of aromatic nitrogens is 2. The van der Waals surface area contributed by atoms with Gasteiger partial charge in [-0.3, -0.25) is 0 Å². The van der Waals surface area contributed by atoms with E-state index in [0.717, 1.165) is 0 Å². The van der Waals surface area contributed by atoms with Gasteiger partial charge in [-0.1, -0.05) is 122 Å². The molecule has 0 saturated carbocycles. The molecule has 0 aliphatic heterocycles. The van der Waals surface area contributed by atoms with Crippen molar-refractivity contribution in [2.75, 3.05) is 0 Å². The number of halogens is 2. The van der Waals surface area contributed by atoms with E-state index in [9.17, 15) is 0 Å². The van der Waals surface area contributed by atoms with E-state index in [2.05, 4.69) is 158 Å². The van der Waals surface area contributed by atoms with Crippen LogP contribution in [0.5, 0.6) is 0 Å². The van der Waals surface area contributed by atoms with Crippen molar-refractivity contribution < 1.29 is 51.0 Å². The van der Waals surface area contributed by atoms with Crippen LogP contribution < -0.4 is 24.8 Å². The Morgan fingerprint density at radius 2 is 0.767 bits per heavy atom. The first-order valence-corrected chi connectivity index (χ1v) is 14.0. The van der Waals surface area contributed by atoms with Gasteiger partial charge in [-0.15, -0.1) is 45.2 Å². The molecule has 0 radical (unpaired) electrons. The van der Waals surface area contributed by atoms with Gasteiger partial charge in [0.1, 0.15) is 0 Å². The van der Waals surface area contributed by atoms with Crippen LogP contribution in [0, 0.1) is 27.7 Å². The SMILES string of the molecule is Cc1[cH-]c2c3ccccc3n(-c3ccccc3)c2c1C.Cc1[cH-]c2c3ccccc3n(-c3ccccc3)c2c1C.[Cl-].[Cl-].[Zr+4]. The fraction of sp³-hybridized carbons (Fsp3) is 0.105. The third-order valence-corrected chi connectivity index (χ3v) is 8.47. The molecule has 0 saturated heterocycles. The molecule has 0 aliphatic rings. The first-order valence-electron chi connectivity index (χ1n) is 14.0. The van der Waals surface area contributed by atoms with Crippen LogP contribution in [0.3, 0.4) is 0 Å². The summed E-state index contributed by atoms with van der Waals surface area (Å²) in [5.74, 6) is 0. The van der Waals surface area contributed by atoms with E-state index in [4.69, 9.17) is 0 Å². The number of rotatable bonds is 2. The largest absolute Gasteiger partial charge is 4.00 e. The van der Waals surface area contributed by atoms with Crippen LogP contribution in [-0.2, 0) is 26.2 Å². The average molecular weight is 679 g/mol. The van der Waals surface area contributed by atoms with Crippen LogP contribution in [0.4, 0.5) is 0 Å². The minimum Gasteiger partial charge on any atom is -1.00 e. The second-order valence-corrected chi connectivity index (χ2v) is 10.8. The Morgan fingerprint density at radius 1 is 0.442 bits per heavy atom. The van der Waals surface area contributed by atoms with Gasteiger partial charge in [-0.05, 0) is 36.4 Å². The summed E-state index contributed by atoms with van der Waals surface area (Å²) in [6.45, 7) is 8.82. The molecule has 0 amide bonds. The van der Waals surface area contributed by atoms with E-state index in [1.807, 2.05) is 0 Å². The number of fused-ring (bicyclic) bond motifs is 6. The predicted molar refractivity (Wildman–Crippen MR) is 172 cm³/mol. The van der Waals surface area contributed by atoms with Gasteiger partial charge in [0.05, 0.1) is 0 Å². The molecule has 43 heavy (non-hydrogen) atoms. The van der Waals surface area contributed by atoms with Gasteiger partial charge in [-0.2, -0.15) is 0 Å².